The standard InChI is InChI=1S/C21H23F3N6O/c1-12(2)29-11-9-18(26-29)30-17-8-10-28(14(4)19(17)25-27-30)20(31)15-6-5-7-16(13(15)3)21(22,23)24/h5-7,9,11-12,14H,8,10H2,1-4H3/t14-/m0/s1. The second kappa shape index (κ2) is 7.51. The number of hydrogen-bond acceptors (Lipinski definition) is 4. The monoisotopic (exact) mass is 432 g/mol. The highest BCUT2D eigenvalue weighted by atomic mass is 19.4. The summed E-state index contributed by atoms with van der Waals surface area (Å²) >= 11 is 0. The molecule has 0 radical (unpaired) electrons. The molecule has 0 N–H and O–H groups in total. The van der Waals surface area contributed by atoms with E-state index in [2.05, 4.69) is 15.4 Å². The van der Waals surface area contributed by atoms with Gasteiger partial charge < -0.3 is 4.90 Å². The van der Waals surface area contributed by atoms with Crippen molar-refractivity contribution < 1.29 is 18.0 Å². The quantitative estimate of drug-likeness (QED) is 0.624. The Hall–Kier alpha value is -3.17. The number of benzene rings is 1. The van der Waals surface area contributed by atoms with Gasteiger partial charge in [0.05, 0.1) is 17.3 Å². The van der Waals surface area contributed by atoms with Crippen molar-refractivity contribution in [1.82, 2.24) is 29.7 Å². The highest BCUT2D eigenvalue weighted by molar-refractivity contribution is 5.96. The van der Waals surface area contributed by atoms with Crippen LogP contribution in [0.4, 0.5) is 13.2 Å². The minimum atomic E-state index is -4.51. The van der Waals surface area contributed by atoms with Crippen molar-refractivity contribution in [2.24, 2.45) is 0 Å². The maximum atomic E-state index is 13.3. The predicted octanol–water partition coefficient (Wildman–Crippen LogP) is 4.13. The number of rotatable bonds is 3. The highest BCUT2D eigenvalue weighted by Gasteiger charge is 2.37. The van der Waals surface area contributed by atoms with Gasteiger partial charge in [0.15, 0.2) is 5.82 Å². The minimum absolute atomic E-state index is 0.0493. The van der Waals surface area contributed by atoms with Gasteiger partial charge in [-0.05, 0) is 45.4 Å². The molecule has 0 bridgehead atoms. The molecule has 0 unspecified atom stereocenters. The molecular weight excluding hydrogens is 409 g/mol. The fourth-order valence-electron chi connectivity index (χ4n) is 3.96. The third-order valence-corrected chi connectivity index (χ3v) is 5.72. The number of amides is 1. The molecular formula is C21H23F3N6O. The van der Waals surface area contributed by atoms with Gasteiger partial charge in [-0.25, -0.2) is 0 Å². The van der Waals surface area contributed by atoms with Gasteiger partial charge in [0.1, 0.15) is 5.69 Å². The SMILES string of the molecule is Cc1c(C(=O)N2CCc3c(nnn3-c3ccn(C(C)C)n3)[C@@H]2C)cccc1C(F)(F)F. The Balaban J connectivity index is 1.64. The largest absolute Gasteiger partial charge is 0.416 e. The van der Waals surface area contributed by atoms with Crippen molar-refractivity contribution in [2.45, 2.75) is 52.4 Å². The van der Waals surface area contributed by atoms with Crippen LogP contribution in [0.15, 0.2) is 30.5 Å². The van der Waals surface area contributed by atoms with E-state index in [1.165, 1.54) is 19.1 Å². The van der Waals surface area contributed by atoms with Gasteiger partial charge in [-0.3, -0.25) is 9.48 Å². The lowest BCUT2D eigenvalue weighted by molar-refractivity contribution is -0.138. The van der Waals surface area contributed by atoms with Crippen molar-refractivity contribution in [2.75, 3.05) is 6.54 Å². The van der Waals surface area contributed by atoms with Crippen LogP contribution in [0.5, 0.6) is 0 Å². The van der Waals surface area contributed by atoms with Crippen LogP contribution in [-0.4, -0.2) is 42.1 Å². The van der Waals surface area contributed by atoms with Crippen molar-refractivity contribution in [3.05, 3.63) is 58.5 Å². The first-order valence-electron chi connectivity index (χ1n) is 10.1. The molecule has 31 heavy (non-hydrogen) atoms. The zero-order valence-corrected chi connectivity index (χ0v) is 17.7. The molecule has 1 amide bonds. The molecule has 10 heteroatoms. The summed E-state index contributed by atoms with van der Waals surface area (Å²) in [5.74, 6) is 0.198. The van der Waals surface area contributed by atoms with Crippen LogP contribution in [0.2, 0.25) is 0 Å². The Kier molecular flexibility index (Phi) is 5.10. The Bertz CT molecular complexity index is 1130. The highest BCUT2D eigenvalue weighted by Crippen LogP contribution is 2.35. The molecule has 1 aliphatic heterocycles. The predicted molar refractivity (Wildman–Crippen MR) is 107 cm³/mol. The fraction of sp³-hybridized carbons (Fsp3) is 0.429. The van der Waals surface area contributed by atoms with Gasteiger partial charge in [0.2, 0.25) is 0 Å². The first-order valence-corrected chi connectivity index (χ1v) is 10.1. The Morgan fingerprint density at radius 1 is 1.23 bits per heavy atom. The van der Waals surface area contributed by atoms with E-state index in [0.29, 0.717) is 24.5 Å². The third-order valence-electron chi connectivity index (χ3n) is 5.72. The zero-order chi connectivity index (χ0) is 22.5. The summed E-state index contributed by atoms with van der Waals surface area (Å²) in [5, 5.41) is 13.0. The maximum absolute atomic E-state index is 13.3. The molecule has 1 atom stereocenters. The number of alkyl halides is 3. The lowest BCUT2D eigenvalue weighted by atomic mass is 9.98. The lowest BCUT2D eigenvalue weighted by Crippen LogP contribution is -2.39. The molecule has 0 saturated carbocycles. The molecule has 164 valence electrons. The number of aromatic nitrogens is 5. The van der Waals surface area contributed by atoms with Gasteiger partial charge in [-0.15, -0.1) is 5.10 Å². The van der Waals surface area contributed by atoms with Crippen molar-refractivity contribution in [3.8, 4) is 5.82 Å². The summed E-state index contributed by atoms with van der Waals surface area (Å²) in [6, 6.07) is 5.33. The van der Waals surface area contributed by atoms with Crippen LogP contribution in [0, 0.1) is 6.92 Å². The van der Waals surface area contributed by atoms with E-state index in [1.807, 2.05) is 37.7 Å². The number of nitrogens with zero attached hydrogens (tertiary/aromatic N) is 6. The molecule has 3 heterocycles. The second-order valence-electron chi connectivity index (χ2n) is 7.98. The number of halogens is 3. The molecule has 0 aliphatic carbocycles. The molecule has 7 nitrogen and oxygen atoms in total. The maximum Gasteiger partial charge on any atom is 0.416 e. The summed E-state index contributed by atoms with van der Waals surface area (Å²) in [7, 11) is 0. The normalized spacial score (nSPS) is 16.6. The van der Waals surface area contributed by atoms with Crippen LogP contribution in [0.1, 0.15) is 65.7 Å². The number of fused-ring (bicyclic) bond motifs is 1. The van der Waals surface area contributed by atoms with E-state index >= 15 is 0 Å². The summed E-state index contributed by atoms with van der Waals surface area (Å²) in [4.78, 5) is 14.7. The smallest absolute Gasteiger partial charge is 0.330 e. The first kappa shape index (κ1) is 21.1. The molecule has 1 aliphatic rings. The number of carbonyl (C=O) groups excluding carboxylic acids is 1. The zero-order valence-electron chi connectivity index (χ0n) is 17.7. The molecule has 4 rings (SSSR count). The number of carbonyl (C=O) groups is 1. The average Bonchev–Trinajstić information content (AvgIpc) is 3.34. The lowest BCUT2D eigenvalue weighted by Gasteiger charge is -2.33. The van der Waals surface area contributed by atoms with E-state index in [0.717, 1.165) is 11.8 Å². The van der Waals surface area contributed by atoms with E-state index in [4.69, 9.17) is 0 Å². The first-order chi connectivity index (χ1) is 14.6. The molecule has 1 aromatic carbocycles. The van der Waals surface area contributed by atoms with Crippen LogP contribution >= 0.6 is 0 Å². The van der Waals surface area contributed by atoms with Gasteiger partial charge in [0.25, 0.3) is 5.91 Å². The van der Waals surface area contributed by atoms with Gasteiger partial charge in [-0.2, -0.15) is 23.0 Å². The van der Waals surface area contributed by atoms with Crippen LogP contribution < -0.4 is 0 Å². The second-order valence-corrected chi connectivity index (χ2v) is 7.98. The minimum Gasteiger partial charge on any atom is -0.330 e. The van der Waals surface area contributed by atoms with Crippen LogP contribution in [0.3, 0.4) is 0 Å². The van der Waals surface area contributed by atoms with Crippen molar-refractivity contribution in [3.63, 3.8) is 0 Å². The summed E-state index contributed by atoms with van der Waals surface area (Å²) in [5.41, 5.74) is 0.666. The van der Waals surface area contributed by atoms with E-state index in [9.17, 15) is 18.0 Å². The van der Waals surface area contributed by atoms with Gasteiger partial charge in [-0.1, -0.05) is 11.3 Å². The Morgan fingerprint density at radius 3 is 2.61 bits per heavy atom. The molecule has 0 fully saturated rings. The summed E-state index contributed by atoms with van der Waals surface area (Å²) < 4.78 is 43.3. The molecule has 0 saturated heterocycles. The van der Waals surface area contributed by atoms with E-state index < -0.39 is 23.7 Å². The van der Waals surface area contributed by atoms with Gasteiger partial charge >= 0.3 is 6.18 Å². The van der Waals surface area contributed by atoms with E-state index in [-0.39, 0.29) is 17.2 Å². The van der Waals surface area contributed by atoms with Crippen molar-refractivity contribution >= 4 is 5.91 Å². The van der Waals surface area contributed by atoms with Crippen molar-refractivity contribution in [1.29, 1.82) is 0 Å². The summed E-state index contributed by atoms with van der Waals surface area (Å²) in [6.07, 6.45) is -2.17. The molecule has 0 spiro atoms. The van der Waals surface area contributed by atoms with E-state index in [1.54, 1.807) is 9.58 Å². The summed E-state index contributed by atoms with van der Waals surface area (Å²) in [6.45, 7) is 7.53. The third kappa shape index (κ3) is 3.60. The van der Waals surface area contributed by atoms with Crippen LogP contribution in [0.25, 0.3) is 5.82 Å². The topological polar surface area (TPSA) is 68.8 Å². The molecule has 3 aromatic rings. The fourth-order valence-corrected chi connectivity index (χ4v) is 3.96. The molecule has 2 aromatic heterocycles. The number of hydrogen-bond donors (Lipinski definition) is 0. The van der Waals surface area contributed by atoms with Gasteiger partial charge in [0, 0.05) is 36.8 Å². The Morgan fingerprint density at radius 2 is 1.97 bits per heavy atom. The van der Waals surface area contributed by atoms with Crippen LogP contribution in [-0.2, 0) is 12.6 Å². The Labute approximate surface area is 177 Å². The average molecular weight is 432 g/mol.